The van der Waals surface area contributed by atoms with E-state index in [1.54, 1.807) is 0 Å². The number of rotatable bonds is 6. The molecule has 0 bridgehead atoms. The molecular weight excluding hydrogens is 368 g/mol. The molecule has 0 saturated carbocycles. The quantitative estimate of drug-likeness (QED) is 0.539. The van der Waals surface area contributed by atoms with E-state index in [1.165, 1.54) is 30.7 Å². The van der Waals surface area contributed by atoms with Crippen molar-refractivity contribution in [2.24, 2.45) is 11.8 Å². The Balaban J connectivity index is 1.28. The van der Waals surface area contributed by atoms with Crippen molar-refractivity contribution in [1.82, 2.24) is 20.0 Å². The largest absolute Gasteiger partial charge is 0.379 e. The van der Waals surface area contributed by atoms with E-state index in [0.29, 0.717) is 6.54 Å². The van der Waals surface area contributed by atoms with E-state index in [2.05, 4.69) is 27.3 Å². The van der Waals surface area contributed by atoms with E-state index >= 15 is 0 Å². The molecule has 1 N–H and O–H groups in total. The van der Waals surface area contributed by atoms with Crippen LogP contribution < -0.4 is 5.32 Å². The van der Waals surface area contributed by atoms with Gasteiger partial charge in [0.25, 0.3) is 5.91 Å². The van der Waals surface area contributed by atoms with Crippen molar-refractivity contribution in [3.63, 3.8) is 0 Å². The molecule has 4 rings (SSSR count). The van der Waals surface area contributed by atoms with Gasteiger partial charge in [-0.1, -0.05) is 12.2 Å². The standard InChI is InChI=1S/C22H36N4O3/c1-22(19-7-9-25(10-8-19)17-18-5-3-2-4-6-18)20(27)26(21(28)23-22)12-11-24-13-15-29-16-14-24/h2-3,18-19H,4-17H2,1H3,(H,23,28). The molecule has 0 aromatic carbocycles. The molecule has 0 aromatic rings. The third-order valence-electron chi connectivity index (χ3n) is 7.34. The number of piperidine rings is 1. The summed E-state index contributed by atoms with van der Waals surface area (Å²) in [4.78, 5) is 32.0. The summed E-state index contributed by atoms with van der Waals surface area (Å²) in [5, 5.41) is 3.05. The Morgan fingerprint density at radius 1 is 1.03 bits per heavy atom. The molecule has 2 atom stereocenters. The minimum Gasteiger partial charge on any atom is -0.379 e. The maximum absolute atomic E-state index is 13.2. The average Bonchev–Trinajstić information content (AvgIpc) is 2.97. The zero-order chi connectivity index (χ0) is 20.3. The molecule has 3 aliphatic heterocycles. The Hall–Kier alpha value is -1.44. The topological polar surface area (TPSA) is 65.1 Å². The van der Waals surface area contributed by atoms with Gasteiger partial charge in [0.1, 0.15) is 5.54 Å². The second-order valence-electron chi connectivity index (χ2n) is 9.27. The minimum absolute atomic E-state index is 0.0355. The molecule has 7 nitrogen and oxygen atoms in total. The SMILES string of the molecule is CC1(C2CCN(CC3CC=CCC3)CC2)NC(=O)N(CCN2CCOCC2)C1=O. The first-order valence-electron chi connectivity index (χ1n) is 11.4. The van der Waals surface area contributed by atoms with Crippen LogP contribution in [0.2, 0.25) is 0 Å². The normalized spacial score (nSPS) is 32.7. The molecule has 3 saturated heterocycles. The monoisotopic (exact) mass is 404 g/mol. The van der Waals surface area contributed by atoms with Crippen LogP contribution in [0, 0.1) is 11.8 Å². The molecule has 162 valence electrons. The van der Waals surface area contributed by atoms with Gasteiger partial charge in [0.2, 0.25) is 0 Å². The highest BCUT2D eigenvalue weighted by molar-refractivity contribution is 6.07. The Morgan fingerprint density at radius 2 is 1.79 bits per heavy atom. The smallest absolute Gasteiger partial charge is 0.325 e. The first kappa shape index (κ1) is 20.8. The summed E-state index contributed by atoms with van der Waals surface area (Å²) in [5.74, 6) is 0.956. The predicted molar refractivity (Wildman–Crippen MR) is 112 cm³/mol. The number of hydrogen-bond acceptors (Lipinski definition) is 5. The van der Waals surface area contributed by atoms with Gasteiger partial charge in [0, 0.05) is 32.7 Å². The lowest BCUT2D eigenvalue weighted by Crippen LogP contribution is -2.54. The second-order valence-corrected chi connectivity index (χ2v) is 9.27. The summed E-state index contributed by atoms with van der Waals surface area (Å²) in [6.45, 7) is 9.55. The van der Waals surface area contributed by atoms with E-state index in [9.17, 15) is 9.59 Å². The number of nitrogens with one attached hydrogen (secondary N) is 1. The molecule has 0 aromatic heterocycles. The summed E-state index contributed by atoms with van der Waals surface area (Å²) in [6, 6.07) is -0.220. The summed E-state index contributed by atoms with van der Waals surface area (Å²) in [5.41, 5.74) is -0.748. The second kappa shape index (κ2) is 9.14. The van der Waals surface area contributed by atoms with Crippen LogP contribution in [0.1, 0.15) is 39.0 Å². The first-order valence-corrected chi connectivity index (χ1v) is 11.4. The molecule has 3 fully saturated rings. The van der Waals surface area contributed by atoms with Gasteiger partial charge >= 0.3 is 6.03 Å². The summed E-state index contributed by atoms with van der Waals surface area (Å²) >= 11 is 0. The first-order chi connectivity index (χ1) is 14.1. The maximum atomic E-state index is 13.2. The molecule has 1 aliphatic carbocycles. The highest BCUT2D eigenvalue weighted by Crippen LogP contribution is 2.34. The number of carbonyl (C=O) groups excluding carboxylic acids is 2. The van der Waals surface area contributed by atoms with E-state index in [4.69, 9.17) is 4.74 Å². The number of hydrogen-bond donors (Lipinski definition) is 1. The molecule has 29 heavy (non-hydrogen) atoms. The van der Waals surface area contributed by atoms with Crippen molar-refractivity contribution in [1.29, 1.82) is 0 Å². The van der Waals surface area contributed by atoms with Gasteiger partial charge in [-0.25, -0.2) is 4.79 Å². The molecule has 3 heterocycles. The van der Waals surface area contributed by atoms with Crippen molar-refractivity contribution < 1.29 is 14.3 Å². The lowest BCUT2D eigenvalue weighted by Gasteiger charge is -2.40. The number of morpholine rings is 1. The van der Waals surface area contributed by atoms with Crippen molar-refractivity contribution in [2.45, 2.75) is 44.6 Å². The fraction of sp³-hybridized carbons (Fsp3) is 0.818. The lowest BCUT2D eigenvalue weighted by molar-refractivity contribution is -0.133. The van der Waals surface area contributed by atoms with Gasteiger partial charge in [-0.3, -0.25) is 14.6 Å². The van der Waals surface area contributed by atoms with Crippen LogP contribution >= 0.6 is 0 Å². The molecule has 3 amide bonds. The number of ether oxygens (including phenoxy) is 1. The number of nitrogens with zero attached hydrogens (tertiary/aromatic N) is 3. The fourth-order valence-corrected chi connectivity index (χ4v) is 5.34. The number of urea groups is 1. The van der Waals surface area contributed by atoms with E-state index in [1.807, 2.05) is 6.92 Å². The van der Waals surface area contributed by atoms with E-state index < -0.39 is 5.54 Å². The van der Waals surface area contributed by atoms with Crippen molar-refractivity contribution >= 4 is 11.9 Å². The minimum atomic E-state index is -0.748. The van der Waals surface area contributed by atoms with Crippen LogP contribution in [0.15, 0.2) is 12.2 Å². The number of imide groups is 1. The third kappa shape index (κ3) is 4.67. The summed E-state index contributed by atoms with van der Waals surface area (Å²) < 4.78 is 5.37. The summed E-state index contributed by atoms with van der Waals surface area (Å²) in [6.07, 6.45) is 10.3. The number of amides is 3. The molecule has 4 aliphatic rings. The zero-order valence-corrected chi connectivity index (χ0v) is 17.8. The molecular formula is C22H36N4O3. The summed E-state index contributed by atoms with van der Waals surface area (Å²) in [7, 11) is 0. The number of carbonyl (C=O) groups is 2. The molecule has 0 spiro atoms. The van der Waals surface area contributed by atoms with Gasteiger partial charge in [-0.2, -0.15) is 0 Å². The van der Waals surface area contributed by atoms with Crippen LogP contribution in [0.3, 0.4) is 0 Å². The Bertz CT molecular complexity index is 626. The Labute approximate surface area is 174 Å². The third-order valence-corrected chi connectivity index (χ3v) is 7.34. The van der Waals surface area contributed by atoms with Gasteiger partial charge < -0.3 is 15.0 Å². The van der Waals surface area contributed by atoms with Crippen LogP contribution in [-0.2, 0) is 9.53 Å². The van der Waals surface area contributed by atoms with Gasteiger partial charge in [0.05, 0.1) is 13.2 Å². The fourth-order valence-electron chi connectivity index (χ4n) is 5.34. The van der Waals surface area contributed by atoms with E-state index in [-0.39, 0.29) is 17.9 Å². The molecule has 0 radical (unpaired) electrons. The van der Waals surface area contributed by atoms with Crippen molar-refractivity contribution in [3.05, 3.63) is 12.2 Å². The molecule has 2 unspecified atom stereocenters. The zero-order valence-electron chi connectivity index (χ0n) is 17.8. The number of allylic oxidation sites excluding steroid dienone is 2. The van der Waals surface area contributed by atoms with Crippen LogP contribution in [0.4, 0.5) is 4.79 Å². The van der Waals surface area contributed by atoms with Crippen LogP contribution in [0.5, 0.6) is 0 Å². The lowest BCUT2D eigenvalue weighted by atomic mass is 9.78. The van der Waals surface area contributed by atoms with E-state index in [0.717, 1.165) is 64.7 Å². The number of likely N-dealkylation sites (tertiary alicyclic amines) is 1. The Kier molecular flexibility index (Phi) is 6.56. The predicted octanol–water partition coefficient (Wildman–Crippen LogP) is 1.70. The van der Waals surface area contributed by atoms with Crippen molar-refractivity contribution in [2.75, 3.05) is 59.0 Å². The Morgan fingerprint density at radius 3 is 2.48 bits per heavy atom. The van der Waals surface area contributed by atoms with Gasteiger partial charge in [-0.15, -0.1) is 0 Å². The average molecular weight is 405 g/mol. The highest BCUT2D eigenvalue weighted by Gasteiger charge is 2.52. The highest BCUT2D eigenvalue weighted by atomic mass is 16.5. The van der Waals surface area contributed by atoms with Crippen molar-refractivity contribution in [3.8, 4) is 0 Å². The van der Waals surface area contributed by atoms with Gasteiger partial charge in [-0.05, 0) is 64.0 Å². The molecule has 7 heteroatoms. The maximum Gasteiger partial charge on any atom is 0.325 e. The van der Waals surface area contributed by atoms with Crippen LogP contribution in [-0.4, -0.2) is 91.2 Å². The van der Waals surface area contributed by atoms with Gasteiger partial charge in [0.15, 0.2) is 0 Å². The van der Waals surface area contributed by atoms with Crippen LogP contribution in [0.25, 0.3) is 0 Å².